The Labute approximate surface area is 90.9 Å². The molecule has 0 aliphatic heterocycles. The largest absolute Gasteiger partial charge is 0.593 e. The van der Waals surface area contributed by atoms with E-state index >= 15 is 0 Å². The van der Waals surface area contributed by atoms with Gasteiger partial charge in [-0.05, 0) is 10.0 Å². The highest BCUT2D eigenvalue weighted by molar-refractivity contribution is 5.72. The van der Waals surface area contributed by atoms with Crippen molar-refractivity contribution in [3.63, 3.8) is 0 Å². The van der Waals surface area contributed by atoms with Gasteiger partial charge in [0.05, 0.1) is 0 Å². The summed E-state index contributed by atoms with van der Waals surface area (Å²) in [5.74, 6) is 0. The molecule has 16 heavy (non-hydrogen) atoms. The molecule has 0 spiro atoms. The molecule has 0 aliphatic rings. The fraction of sp³-hybridized carbons (Fsp3) is 0.100. The van der Waals surface area contributed by atoms with Gasteiger partial charge in [-0.25, -0.2) is 0 Å². The molecule has 0 aliphatic carbocycles. The number of nitroso groups, excluding NO2 is 1. The zero-order valence-corrected chi connectivity index (χ0v) is 8.49. The van der Waals surface area contributed by atoms with Gasteiger partial charge in [0.25, 0.3) is 5.69 Å². The number of rotatable bonds is 2. The maximum Gasteiger partial charge on any atom is 0.251 e. The molecule has 0 atom stereocenters. The van der Waals surface area contributed by atoms with Crippen molar-refractivity contribution in [2.75, 3.05) is 0 Å². The van der Waals surface area contributed by atoms with E-state index in [2.05, 4.69) is 5.18 Å². The molecular weight excluding hydrogens is 210 g/mol. The Balaban J connectivity index is 2.74. The third-order valence-electron chi connectivity index (χ3n) is 2.36. The van der Waals surface area contributed by atoms with Crippen LogP contribution in [0.25, 0.3) is 11.3 Å². The lowest BCUT2D eigenvalue weighted by Crippen LogP contribution is -2.38. The smallest absolute Gasteiger partial charge is 0.251 e. The van der Waals surface area contributed by atoms with E-state index in [0.717, 1.165) is 0 Å². The second kappa shape index (κ2) is 3.65. The van der Waals surface area contributed by atoms with Gasteiger partial charge in [-0.2, -0.15) is 0 Å². The highest BCUT2D eigenvalue weighted by Gasteiger charge is 2.26. The number of aromatic nitrogens is 2. The van der Waals surface area contributed by atoms with Crippen LogP contribution in [0, 0.1) is 17.0 Å². The fourth-order valence-corrected chi connectivity index (χ4v) is 1.55. The molecule has 82 valence electrons. The summed E-state index contributed by atoms with van der Waals surface area (Å²) in [4.78, 5) is 11.3. The van der Waals surface area contributed by atoms with Crippen LogP contribution in [0.2, 0.25) is 0 Å². The van der Waals surface area contributed by atoms with Gasteiger partial charge in [-0.1, -0.05) is 30.3 Å². The highest BCUT2D eigenvalue weighted by atomic mass is 16.6. The van der Waals surface area contributed by atoms with E-state index in [-0.39, 0.29) is 21.9 Å². The van der Waals surface area contributed by atoms with E-state index in [4.69, 9.17) is 0 Å². The van der Waals surface area contributed by atoms with E-state index in [1.165, 1.54) is 6.92 Å². The SMILES string of the molecule is Cc1c(N=O)c(-c2ccccc2)n(O)[n+]1[O-]. The van der Waals surface area contributed by atoms with Gasteiger partial charge in [0, 0.05) is 17.3 Å². The van der Waals surface area contributed by atoms with Gasteiger partial charge in [-0.3, -0.25) is 0 Å². The molecule has 6 nitrogen and oxygen atoms in total. The molecule has 1 N–H and O–H groups in total. The number of hydrogen-bond acceptors (Lipinski definition) is 4. The Morgan fingerprint density at radius 3 is 2.56 bits per heavy atom. The minimum atomic E-state index is -0.0521. The molecule has 0 saturated carbocycles. The van der Waals surface area contributed by atoms with Crippen LogP contribution in [0.3, 0.4) is 0 Å². The van der Waals surface area contributed by atoms with Crippen molar-refractivity contribution in [1.82, 2.24) is 4.85 Å². The van der Waals surface area contributed by atoms with Crippen molar-refractivity contribution < 1.29 is 10.1 Å². The van der Waals surface area contributed by atoms with Crippen molar-refractivity contribution in [2.45, 2.75) is 6.92 Å². The summed E-state index contributed by atoms with van der Waals surface area (Å²) < 4.78 is 0. The molecule has 0 radical (unpaired) electrons. The molecule has 0 saturated heterocycles. The number of nitrogens with zero attached hydrogens (tertiary/aromatic N) is 3. The summed E-state index contributed by atoms with van der Waals surface area (Å²) in [5.41, 5.74) is 0.667. The predicted molar refractivity (Wildman–Crippen MR) is 56.2 cm³/mol. The van der Waals surface area contributed by atoms with Crippen molar-refractivity contribution in [2.24, 2.45) is 5.18 Å². The monoisotopic (exact) mass is 219 g/mol. The number of benzene rings is 1. The summed E-state index contributed by atoms with van der Waals surface area (Å²) in [6, 6.07) is 8.62. The van der Waals surface area contributed by atoms with Gasteiger partial charge in [-0.15, -0.1) is 4.91 Å². The van der Waals surface area contributed by atoms with E-state index in [9.17, 15) is 15.3 Å². The number of hydrogen-bond donors (Lipinski definition) is 1. The summed E-state index contributed by atoms with van der Waals surface area (Å²) in [6.45, 7) is 1.42. The molecule has 1 aromatic heterocycles. The van der Waals surface area contributed by atoms with Crippen LogP contribution in [0.1, 0.15) is 5.69 Å². The minimum absolute atomic E-state index is 0.0521. The van der Waals surface area contributed by atoms with Crippen LogP contribution < -0.4 is 4.85 Å². The molecule has 2 aromatic rings. The summed E-state index contributed by atoms with van der Waals surface area (Å²) in [5, 5.41) is 23.7. The summed E-state index contributed by atoms with van der Waals surface area (Å²) in [7, 11) is 0. The van der Waals surface area contributed by atoms with Gasteiger partial charge in [0.2, 0.25) is 5.69 Å². The maximum absolute atomic E-state index is 11.4. The van der Waals surface area contributed by atoms with E-state index in [0.29, 0.717) is 10.4 Å². The van der Waals surface area contributed by atoms with Gasteiger partial charge in [0.1, 0.15) is 0 Å². The lowest BCUT2D eigenvalue weighted by molar-refractivity contribution is -0.728. The first-order valence-corrected chi connectivity index (χ1v) is 4.60. The first-order valence-electron chi connectivity index (χ1n) is 4.60. The Hall–Kier alpha value is -2.37. The normalized spacial score (nSPS) is 10.3. The molecule has 0 amide bonds. The second-order valence-electron chi connectivity index (χ2n) is 3.30. The minimum Gasteiger partial charge on any atom is -0.593 e. The van der Waals surface area contributed by atoms with E-state index < -0.39 is 0 Å². The quantitative estimate of drug-likeness (QED) is 0.361. The molecular formula is C10H9N3O3. The van der Waals surface area contributed by atoms with Gasteiger partial charge in [0.15, 0.2) is 5.69 Å². The van der Waals surface area contributed by atoms with Crippen molar-refractivity contribution in [1.29, 1.82) is 0 Å². The molecule has 6 heteroatoms. The van der Waals surface area contributed by atoms with Crippen molar-refractivity contribution in [3.05, 3.63) is 46.1 Å². The Kier molecular flexibility index (Phi) is 2.32. The molecule has 0 fully saturated rings. The van der Waals surface area contributed by atoms with Crippen LogP contribution in [-0.4, -0.2) is 10.1 Å². The van der Waals surface area contributed by atoms with Crippen LogP contribution in [0.5, 0.6) is 0 Å². The molecule has 0 unspecified atom stereocenters. The maximum atomic E-state index is 11.4. The Bertz CT molecular complexity index is 534. The molecule has 2 rings (SSSR count). The average Bonchev–Trinajstić information content (AvgIpc) is 2.54. The molecule has 1 heterocycles. The second-order valence-corrected chi connectivity index (χ2v) is 3.30. The first-order chi connectivity index (χ1) is 7.66. The lowest BCUT2D eigenvalue weighted by Gasteiger charge is -1.99. The van der Waals surface area contributed by atoms with Crippen LogP contribution >= 0.6 is 0 Å². The zero-order chi connectivity index (χ0) is 11.7. The van der Waals surface area contributed by atoms with Crippen molar-refractivity contribution in [3.8, 4) is 11.3 Å². The first kappa shape index (κ1) is 10.2. The predicted octanol–water partition coefficient (Wildman–Crippen LogP) is 1.73. The van der Waals surface area contributed by atoms with Crippen molar-refractivity contribution >= 4 is 5.69 Å². The Morgan fingerprint density at radius 1 is 1.38 bits per heavy atom. The third-order valence-corrected chi connectivity index (χ3v) is 2.36. The van der Waals surface area contributed by atoms with E-state index in [1.54, 1.807) is 30.3 Å². The van der Waals surface area contributed by atoms with Crippen LogP contribution in [0.15, 0.2) is 35.5 Å². The third kappa shape index (κ3) is 1.31. The van der Waals surface area contributed by atoms with Crippen LogP contribution in [0.4, 0.5) is 5.69 Å². The zero-order valence-electron chi connectivity index (χ0n) is 8.49. The van der Waals surface area contributed by atoms with E-state index in [1.807, 2.05) is 0 Å². The summed E-state index contributed by atoms with van der Waals surface area (Å²) in [6.07, 6.45) is 0. The Morgan fingerprint density at radius 2 is 2.00 bits per heavy atom. The standard InChI is InChI=1S/C10H9N3O3/c1-7-9(11-14)10(13(16)12(7)15)8-5-3-2-4-6-8/h2-6,16H,1H3. The molecule has 0 bridgehead atoms. The lowest BCUT2D eigenvalue weighted by atomic mass is 10.1. The molecule has 1 aromatic carbocycles. The fourth-order valence-electron chi connectivity index (χ4n) is 1.55. The van der Waals surface area contributed by atoms with Gasteiger partial charge >= 0.3 is 0 Å². The van der Waals surface area contributed by atoms with Gasteiger partial charge < -0.3 is 10.4 Å². The average molecular weight is 219 g/mol. The summed E-state index contributed by atoms with van der Waals surface area (Å²) >= 11 is 0. The highest BCUT2D eigenvalue weighted by Crippen LogP contribution is 2.31. The van der Waals surface area contributed by atoms with Crippen LogP contribution in [-0.2, 0) is 0 Å². The topological polar surface area (TPSA) is 81.5 Å².